The molecule has 1 aromatic heterocycles. The largest absolute Gasteiger partial charge is 0.416 e. The summed E-state index contributed by atoms with van der Waals surface area (Å²) in [6.07, 6.45) is -4.54. The average molecular weight is 496 g/mol. The van der Waals surface area contributed by atoms with E-state index in [2.05, 4.69) is 15.5 Å². The Morgan fingerprint density at radius 3 is 2.50 bits per heavy atom. The summed E-state index contributed by atoms with van der Waals surface area (Å²) in [5.74, 6) is -0.191. The minimum atomic E-state index is -4.54. The molecule has 0 bridgehead atoms. The maximum atomic E-state index is 12.8. The number of amides is 1. The lowest BCUT2D eigenvalue weighted by Crippen LogP contribution is -2.16. The van der Waals surface area contributed by atoms with Gasteiger partial charge in [-0.1, -0.05) is 46.6 Å². The summed E-state index contributed by atoms with van der Waals surface area (Å²) in [6, 6.07) is 7.65. The summed E-state index contributed by atoms with van der Waals surface area (Å²) < 4.78 is 40.2. The van der Waals surface area contributed by atoms with Crippen LogP contribution in [0.15, 0.2) is 41.6 Å². The van der Waals surface area contributed by atoms with E-state index >= 15 is 0 Å². The van der Waals surface area contributed by atoms with Crippen LogP contribution in [0.4, 0.5) is 18.9 Å². The van der Waals surface area contributed by atoms with Crippen LogP contribution in [0.2, 0.25) is 15.1 Å². The summed E-state index contributed by atoms with van der Waals surface area (Å²) in [5.41, 5.74) is -0.417. The summed E-state index contributed by atoms with van der Waals surface area (Å²) >= 11 is 19.0. The monoisotopic (exact) mass is 494 g/mol. The number of hydrogen-bond acceptors (Lipinski definition) is 4. The molecule has 0 saturated carbocycles. The van der Waals surface area contributed by atoms with Crippen LogP contribution >= 0.6 is 46.6 Å². The predicted octanol–water partition coefficient (Wildman–Crippen LogP) is 6.19. The van der Waals surface area contributed by atoms with Gasteiger partial charge in [-0.15, -0.1) is 10.2 Å². The third-order valence-corrected chi connectivity index (χ3v) is 5.80. The first kappa shape index (κ1) is 22.7. The van der Waals surface area contributed by atoms with E-state index in [-0.39, 0.29) is 16.5 Å². The van der Waals surface area contributed by atoms with Gasteiger partial charge < -0.3 is 9.88 Å². The topological polar surface area (TPSA) is 59.8 Å². The lowest BCUT2D eigenvalue weighted by molar-refractivity contribution is -0.137. The van der Waals surface area contributed by atoms with E-state index in [9.17, 15) is 18.0 Å². The number of anilines is 1. The fourth-order valence-corrected chi connectivity index (χ4v) is 3.83. The molecule has 0 fully saturated rings. The number of benzene rings is 2. The zero-order valence-electron chi connectivity index (χ0n) is 15.1. The highest BCUT2D eigenvalue weighted by Gasteiger charge is 2.31. The lowest BCUT2D eigenvalue weighted by Gasteiger charge is -2.11. The molecule has 30 heavy (non-hydrogen) atoms. The van der Waals surface area contributed by atoms with Gasteiger partial charge in [0.2, 0.25) is 5.91 Å². The van der Waals surface area contributed by atoms with Crippen LogP contribution in [0.1, 0.15) is 5.56 Å². The van der Waals surface area contributed by atoms with Crippen molar-refractivity contribution in [2.45, 2.75) is 11.3 Å². The van der Waals surface area contributed by atoms with Gasteiger partial charge in [-0.05, 0) is 36.4 Å². The molecule has 0 aliphatic heterocycles. The Bertz CT molecular complexity index is 1100. The molecule has 0 saturated heterocycles. The second-order valence-corrected chi connectivity index (χ2v) is 8.21. The van der Waals surface area contributed by atoms with Gasteiger partial charge >= 0.3 is 6.18 Å². The van der Waals surface area contributed by atoms with Gasteiger partial charge in [0.15, 0.2) is 11.0 Å². The molecule has 0 aliphatic rings. The third-order valence-electron chi connectivity index (χ3n) is 3.91. The SMILES string of the molecule is Cn1c(SCC(=O)Nc2cc(C(F)(F)F)ccc2Cl)nnc1-c1ccc(Cl)cc1Cl. The van der Waals surface area contributed by atoms with E-state index in [0.717, 1.165) is 30.0 Å². The van der Waals surface area contributed by atoms with Crippen LogP contribution in [-0.2, 0) is 18.0 Å². The molecule has 1 N–H and O–H groups in total. The summed E-state index contributed by atoms with van der Waals surface area (Å²) in [4.78, 5) is 12.2. The number of thioether (sulfide) groups is 1. The van der Waals surface area contributed by atoms with Gasteiger partial charge in [0.05, 0.1) is 27.0 Å². The van der Waals surface area contributed by atoms with Crippen molar-refractivity contribution in [3.63, 3.8) is 0 Å². The Morgan fingerprint density at radius 1 is 1.10 bits per heavy atom. The van der Waals surface area contributed by atoms with E-state index in [1.807, 2.05) is 0 Å². The first-order valence-electron chi connectivity index (χ1n) is 8.20. The van der Waals surface area contributed by atoms with E-state index in [1.54, 1.807) is 29.8 Å². The minimum absolute atomic E-state index is 0.000301. The molecule has 5 nitrogen and oxygen atoms in total. The van der Waals surface area contributed by atoms with Crippen LogP contribution in [-0.4, -0.2) is 26.4 Å². The van der Waals surface area contributed by atoms with Crippen molar-refractivity contribution >= 4 is 58.2 Å². The second-order valence-electron chi connectivity index (χ2n) is 6.02. The van der Waals surface area contributed by atoms with Gasteiger partial charge in [-0.2, -0.15) is 13.2 Å². The Balaban J connectivity index is 1.70. The van der Waals surface area contributed by atoms with Gasteiger partial charge in [0.1, 0.15) is 0 Å². The highest BCUT2D eigenvalue weighted by Crippen LogP contribution is 2.34. The summed E-state index contributed by atoms with van der Waals surface area (Å²) in [6.45, 7) is 0. The first-order valence-corrected chi connectivity index (χ1v) is 10.3. The highest BCUT2D eigenvalue weighted by atomic mass is 35.5. The Morgan fingerprint density at radius 2 is 1.83 bits per heavy atom. The molecule has 1 heterocycles. The molecule has 3 rings (SSSR count). The molecule has 0 radical (unpaired) electrons. The van der Waals surface area contributed by atoms with Crippen molar-refractivity contribution in [2.75, 3.05) is 11.1 Å². The van der Waals surface area contributed by atoms with E-state index in [1.165, 1.54) is 0 Å². The number of alkyl halides is 3. The molecule has 0 unspecified atom stereocenters. The number of nitrogens with one attached hydrogen (secondary N) is 1. The highest BCUT2D eigenvalue weighted by molar-refractivity contribution is 7.99. The molecule has 1 amide bonds. The van der Waals surface area contributed by atoms with Crippen LogP contribution in [0.3, 0.4) is 0 Å². The van der Waals surface area contributed by atoms with Gasteiger partial charge in [-0.3, -0.25) is 4.79 Å². The van der Waals surface area contributed by atoms with Crippen LogP contribution in [0.5, 0.6) is 0 Å². The summed E-state index contributed by atoms with van der Waals surface area (Å²) in [5, 5.41) is 11.8. The van der Waals surface area contributed by atoms with Crippen LogP contribution < -0.4 is 5.32 Å². The van der Waals surface area contributed by atoms with Crippen molar-refractivity contribution in [2.24, 2.45) is 7.05 Å². The quantitative estimate of drug-likeness (QED) is 0.429. The van der Waals surface area contributed by atoms with Crippen molar-refractivity contribution in [3.8, 4) is 11.4 Å². The molecular weight excluding hydrogens is 484 g/mol. The second kappa shape index (κ2) is 9.05. The molecule has 0 aliphatic carbocycles. The van der Waals surface area contributed by atoms with Crippen LogP contribution in [0, 0.1) is 0 Å². The Hall–Kier alpha value is -1.94. The first-order chi connectivity index (χ1) is 14.1. The standard InChI is InChI=1S/C18H12Cl3F3N4OS/c1-28-16(11-4-3-10(19)7-13(11)21)26-27-17(28)30-8-15(29)25-14-6-9(18(22,23)24)2-5-12(14)20/h2-7H,8H2,1H3,(H,25,29). The average Bonchev–Trinajstić information content (AvgIpc) is 3.01. The molecule has 2 aromatic carbocycles. The van der Waals surface area contributed by atoms with E-state index in [4.69, 9.17) is 34.8 Å². The normalized spacial score (nSPS) is 11.6. The maximum absolute atomic E-state index is 12.8. The molecule has 12 heteroatoms. The fourth-order valence-electron chi connectivity index (χ4n) is 2.46. The van der Waals surface area contributed by atoms with E-state index in [0.29, 0.717) is 26.6 Å². The smallest absolute Gasteiger partial charge is 0.324 e. The number of carbonyl (C=O) groups is 1. The number of hydrogen-bond donors (Lipinski definition) is 1. The number of nitrogens with zero attached hydrogens (tertiary/aromatic N) is 3. The maximum Gasteiger partial charge on any atom is 0.416 e. The van der Waals surface area contributed by atoms with Crippen molar-refractivity contribution in [1.29, 1.82) is 0 Å². The van der Waals surface area contributed by atoms with Crippen LogP contribution in [0.25, 0.3) is 11.4 Å². The van der Waals surface area contributed by atoms with Gasteiger partial charge in [0.25, 0.3) is 0 Å². The molecule has 3 aromatic rings. The molecule has 0 atom stereocenters. The number of halogens is 6. The van der Waals surface area contributed by atoms with Crippen molar-refractivity contribution in [3.05, 3.63) is 57.0 Å². The van der Waals surface area contributed by atoms with Crippen molar-refractivity contribution in [1.82, 2.24) is 14.8 Å². The zero-order chi connectivity index (χ0) is 22.1. The summed E-state index contributed by atoms with van der Waals surface area (Å²) in [7, 11) is 1.70. The molecule has 0 spiro atoms. The number of aromatic nitrogens is 3. The molecular formula is C18H12Cl3F3N4OS. The third kappa shape index (κ3) is 5.21. The van der Waals surface area contributed by atoms with Crippen molar-refractivity contribution < 1.29 is 18.0 Å². The number of carbonyl (C=O) groups excluding carboxylic acids is 1. The lowest BCUT2D eigenvalue weighted by atomic mass is 10.2. The fraction of sp³-hybridized carbons (Fsp3) is 0.167. The minimum Gasteiger partial charge on any atom is -0.324 e. The Kier molecular flexibility index (Phi) is 6.86. The van der Waals surface area contributed by atoms with Gasteiger partial charge in [0, 0.05) is 17.6 Å². The van der Waals surface area contributed by atoms with Gasteiger partial charge in [-0.25, -0.2) is 0 Å². The van der Waals surface area contributed by atoms with E-state index < -0.39 is 17.6 Å². The molecule has 158 valence electrons. The zero-order valence-corrected chi connectivity index (χ0v) is 18.2. The predicted molar refractivity (Wildman–Crippen MR) is 112 cm³/mol. The Labute approximate surface area is 188 Å². The number of rotatable bonds is 5.